The highest BCUT2D eigenvalue weighted by atomic mass is 19.4. The first-order valence-corrected chi connectivity index (χ1v) is 6.00. The molecule has 1 aromatic heterocycles. The number of fused-ring (bicyclic) bond motifs is 1. The third-order valence-corrected chi connectivity index (χ3v) is 3.18. The van der Waals surface area contributed by atoms with Crippen molar-refractivity contribution < 1.29 is 22.0 Å². The fraction of sp³-hybridized carbons (Fsp3) is 0.0667. The summed E-state index contributed by atoms with van der Waals surface area (Å²) < 4.78 is 64.0. The van der Waals surface area contributed by atoms with E-state index in [1.54, 1.807) is 0 Å². The smallest absolute Gasteiger partial charge is 0.355 e. The van der Waals surface area contributed by atoms with Crippen molar-refractivity contribution in [3.63, 3.8) is 0 Å². The molecule has 1 N–H and O–H groups in total. The first-order valence-electron chi connectivity index (χ1n) is 6.00. The Balaban J connectivity index is 2.10. The van der Waals surface area contributed by atoms with Gasteiger partial charge in [-0.05, 0) is 42.5 Å². The number of H-pyrrole nitrogens is 1. The van der Waals surface area contributed by atoms with Gasteiger partial charge in [0, 0.05) is 22.2 Å². The summed E-state index contributed by atoms with van der Waals surface area (Å²) in [4.78, 5) is 2.88. The van der Waals surface area contributed by atoms with Gasteiger partial charge in [0.1, 0.15) is 0 Å². The second-order valence-corrected chi connectivity index (χ2v) is 4.61. The van der Waals surface area contributed by atoms with Gasteiger partial charge in [0.25, 0.3) is 0 Å². The molecule has 0 amide bonds. The SMILES string of the molecule is Fc1ccc(-c2cc3cc(C(F)(F)F)ccc3[nH]2)cc1F. The number of hydrogen-bond acceptors (Lipinski definition) is 0. The summed E-state index contributed by atoms with van der Waals surface area (Å²) >= 11 is 0. The Bertz CT molecular complexity index is 817. The van der Waals surface area contributed by atoms with Gasteiger partial charge in [0.2, 0.25) is 0 Å². The highest BCUT2D eigenvalue weighted by Crippen LogP contribution is 2.33. The standard InChI is InChI=1S/C15H8F5N/c16-11-3-1-8(6-12(11)17)14-7-9-5-10(15(18,19)20)2-4-13(9)21-14/h1-7,21H. The first kappa shape index (κ1) is 13.6. The lowest BCUT2D eigenvalue weighted by atomic mass is 10.1. The molecule has 0 aliphatic rings. The summed E-state index contributed by atoms with van der Waals surface area (Å²) in [5, 5.41) is 0.351. The van der Waals surface area contributed by atoms with Crippen molar-refractivity contribution in [2.24, 2.45) is 0 Å². The Labute approximate surface area is 116 Å². The quantitative estimate of drug-likeness (QED) is 0.599. The zero-order valence-electron chi connectivity index (χ0n) is 10.4. The fourth-order valence-electron chi connectivity index (χ4n) is 2.13. The average molecular weight is 297 g/mol. The Kier molecular flexibility index (Phi) is 2.97. The number of hydrogen-bond donors (Lipinski definition) is 1. The minimum Gasteiger partial charge on any atom is -0.355 e. The number of aromatic amines is 1. The summed E-state index contributed by atoms with van der Waals surface area (Å²) in [6.45, 7) is 0. The van der Waals surface area contributed by atoms with E-state index in [9.17, 15) is 22.0 Å². The largest absolute Gasteiger partial charge is 0.416 e. The summed E-state index contributed by atoms with van der Waals surface area (Å²) in [5.74, 6) is -1.99. The predicted molar refractivity (Wildman–Crippen MR) is 68.7 cm³/mol. The molecule has 0 bridgehead atoms. The minimum absolute atomic E-state index is 0.351. The van der Waals surface area contributed by atoms with Crippen LogP contribution in [0, 0.1) is 11.6 Å². The topological polar surface area (TPSA) is 15.8 Å². The molecule has 6 heteroatoms. The van der Waals surface area contributed by atoms with Gasteiger partial charge in [0.15, 0.2) is 11.6 Å². The molecule has 0 atom stereocenters. The van der Waals surface area contributed by atoms with Crippen LogP contribution in [0.25, 0.3) is 22.2 Å². The Hall–Kier alpha value is -2.37. The van der Waals surface area contributed by atoms with E-state index < -0.39 is 23.4 Å². The van der Waals surface area contributed by atoms with Crippen LogP contribution < -0.4 is 0 Å². The van der Waals surface area contributed by atoms with Gasteiger partial charge in [-0.3, -0.25) is 0 Å². The molecule has 2 aromatic carbocycles. The third-order valence-electron chi connectivity index (χ3n) is 3.18. The Morgan fingerprint density at radius 1 is 0.810 bits per heavy atom. The van der Waals surface area contributed by atoms with Crippen molar-refractivity contribution in [1.82, 2.24) is 4.98 Å². The molecule has 0 unspecified atom stereocenters. The Morgan fingerprint density at radius 2 is 1.57 bits per heavy atom. The first-order chi connectivity index (χ1) is 9.84. The van der Waals surface area contributed by atoms with Gasteiger partial charge >= 0.3 is 6.18 Å². The molecular weight excluding hydrogens is 289 g/mol. The monoisotopic (exact) mass is 297 g/mol. The molecule has 21 heavy (non-hydrogen) atoms. The summed E-state index contributed by atoms with van der Waals surface area (Å²) in [6.07, 6.45) is -4.42. The average Bonchev–Trinajstić information content (AvgIpc) is 2.83. The lowest BCUT2D eigenvalue weighted by Crippen LogP contribution is -2.03. The second-order valence-electron chi connectivity index (χ2n) is 4.61. The van der Waals surface area contributed by atoms with E-state index >= 15 is 0 Å². The number of aromatic nitrogens is 1. The van der Waals surface area contributed by atoms with Gasteiger partial charge in [-0.1, -0.05) is 0 Å². The van der Waals surface area contributed by atoms with Crippen molar-refractivity contribution in [2.75, 3.05) is 0 Å². The number of rotatable bonds is 1. The summed E-state index contributed by atoms with van der Waals surface area (Å²) in [6, 6.07) is 8.07. The van der Waals surface area contributed by atoms with Gasteiger partial charge in [0.05, 0.1) is 5.56 Å². The predicted octanol–water partition coefficient (Wildman–Crippen LogP) is 5.13. The number of halogens is 5. The molecule has 0 aliphatic carbocycles. The van der Waals surface area contributed by atoms with Crippen LogP contribution >= 0.6 is 0 Å². The van der Waals surface area contributed by atoms with E-state index in [4.69, 9.17) is 0 Å². The molecule has 0 aliphatic heterocycles. The summed E-state index contributed by atoms with van der Waals surface area (Å²) in [7, 11) is 0. The molecule has 1 heterocycles. The van der Waals surface area contributed by atoms with Crippen LogP contribution in [0.5, 0.6) is 0 Å². The molecule has 3 rings (SSSR count). The lowest BCUT2D eigenvalue weighted by Gasteiger charge is -2.05. The number of alkyl halides is 3. The molecule has 0 fully saturated rings. The van der Waals surface area contributed by atoms with Crippen molar-refractivity contribution in [1.29, 1.82) is 0 Å². The van der Waals surface area contributed by atoms with Crippen LogP contribution in [-0.2, 0) is 6.18 Å². The maximum Gasteiger partial charge on any atom is 0.416 e. The van der Waals surface area contributed by atoms with Crippen LogP contribution in [0.1, 0.15) is 5.56 Å². The lowest BCUT2D eigenvalue weighted by molar-refractivity contribution is -0.137. The van der Waals surface area contributed by atoms with Crippen LogP contribution in [0.2, 0.25) is 0 Å². The van der Waals surface area contributed by atoms with Crippen LogP contribution in [0.4, 0.5) is 22.0 Å². The molecule has 1 nitrogen and oxygen atoms in total. The maximum atomic E-state index is 13.2. The molecule has 0 saturated carbocycles. The third kappa shape index (κ3) is 2.49. The zero-order chi connectivity index (χ0) is 15.2. The van der Waals surface area contributed by atoms with E-state index in [0.717, 1.165) is 24.3 Å². The minimum atomic E-state index is -4.42. The highest BCUT2D eigenvalue weighted by molar-refractivity contribution is 5.86. The van der Waals surface area contributed by atoms with E-state index in [1.807, 2.05) is 0 Å². The van der Waals surface area contributed by atoms with Gasteiger partial charge in [-0.2, -0.15) is 13.2 Å². The van der Waals surface area contributed by atoms with Crippen molar-refractivity contribution in [3.8, 4) is 11.3 Å². The Morgan fingerprint density at radius 3 is 2.24 bits per heavy atom. The number of nitrogens with one attached hydrogen (secondary N) is 1. The van der Waals surface area contributed by atoms with Crippen LogP contribution in [0.3, 0.4) is 0 Å². The van der Waals surface area contributed by atoms with Crippen molar-refractivity contribution >= 4 is 10.9 Å². The van der Waals surface area contributed by atoms with Crippen LogP contribution in [-0.4, -0.2) is 4.98 Å². The highest BCUT2D eigenvalue weighted by Gasteiger charge is 2.30. The van der Waals surface area contributed by atoms with E-state index in [0.29, 0.717) is 22.2 Å². The molecule has 108 valence electrons. The molecular formula is C15H8F5N. The second kappa shape index (κ2) is 4.58. The zero-order valence-corrected chi connectivity index (χ0v) is 10.4. The van der Waals surface area contributed by atoms with Crippen molar-refractivity contribution in [3.05, 3.63) is 59.7 Å². The van der Waals surface area contributed by atoms with E-state index in [1.165, 1.54) is 18.2 Å². The van der Waals surface area contributed by atoms with Gasteiger partial charge in [-0.25, -0.2) is 8.78 Å². The normalized spacial score (nSPS) is 12.0. The molecule has 0 spiro atoms. The molecule has 0 radical (unpaired) electrons. The molecule has 0 saturated heterocycles. The fourth-order valence-corrected chi connectivity index (χ4v) is 2.13. The maximum absolute atomic E-state index is 13.2. The van der Waals surface area contributed by atoms with Gasteiger partial charge in [-0.15, -0.1) is 0 Å². The molecule has 3 aromatic rings. The van der Waals surface area contributed by atoms with Crippen LogP contribution in [0.15, 0.2) is 42.5 Å². The van der Waals surface area contributed by atoms with Gasteiger partial charge < -0.3 is 4.98 Å². The summed E-state index contributed by atoms with van der Waals surface area (Å²) in [5.41, 5.74) is 0.510. The number of benzene rings is 2. The van der Waals surface area contributed by atoms with E-state index in [-0.39, 0.29) is 0 Å². The van der Waals surface area contributed by atoms with Crippen molar-refractivity contribution in [2.45, 2.75) is 6.18 Å². The van der Waals surface area contributed by atoms with E-state index in [2.05, 4.69) is 4.98 Å².